The van der Waals surface area contributed by atoms with Gasteiger partial charge >= 0.3 is 0 Å². The molecular weight excluding hydrogens is 269 g/mol. The van der Waals surface area contributed by atoms with E-state index in [0.29, 0.717) is 17.3 Å². The number of fused-ring (bicyclic) bond motifs is 1. The molecule has 1 amide bonds. The average Bonchev–Trinajstić information content (AvgIpc) is 2.44. The number of piperazine rings is 1. The van der Waals surface area contributed by atoms with Crippen molar-refractivity contribution in [1.82, 2.24) is 9.80 Å². The molecule has 4 nitrogen and oxygen atoms in total. The number of benzene rings is 1. The van der Waals surface area contributed by atoms with Gasteiger partial charge in [0.1, 0.15) is 5.82 Å². The van der Waals surface area contributed by atoms with Crippen molar-refractivity contribution in [3.63, 3.8) is 0 Å². The summed E-state index contributed by atoms with van der Waals surface area (Å²) in [6, 6.07) is 4.67. The fraction of sp³-hybridized carbons (Fsp3) is 0.562. The van der Waals surface area contributed by atoms with Crippen molar-refractivity contribution in [3.05, 3.63) is 29.6 Å². The molecule has 1 aromatic rings. The number of hydrogen-bond donors (Lipinski definition) is 1. The molecule has 0 spiro atoms. The predicted molar refractivity (Wildman–Crippen MR) is 80.5 cm³/mol. The van der Waals surface area contributed by atoms with Crippen LogP contribution in [0.2, 0.25) is 0 Å². The van der Waals surface area contributed by atoms with Crippen LogP contribution in [0.5, 0.6) is 0 Å². The number of piperidine rings is 1. The lowest BCUT2D eigenvalue weighted by Crippen LogP contribution is -2.60. The molecule has 2 aliphatic heterocycles. The Morgan fingerprint density at radius 1 is 1.29 bits per heavy atom. The SMILES string of the molecule is CC1CN2CCCCC2CN1C(=O)c1cc(N)cc(F)c1. The summed E-state index contributed by atoms with van der Waals surface area (Å²) in [6.07, 6.45) is 3.61. The topological polar surface area (TPSA) is 49.6 Å². The van der Waals surface area contributed by atoms with Crippen LogP contribution < -0.4 is 5.73 Å². The summed E-state index contributed by atoms with van der Waals surface area (Å²) < 4.78 is 13.5. The molecule has 0 aromatic heterocycles. The second-order valence-electron chi connectivity index (χ2n) is 6.22. The number of nitrogens with zero attached hydrogens (tertiary/aromatic N) is 2. The van der Waals surface area contributed by atoms with E-state index in [1.807, 2.05) is 4.90 Å². The molecule has 0 bridgehead atoms. The number of carbonyl (C=O) groups excluding carboxylic acids is 1. The minimum atomic E-state index is -0.456. The highest BCUT2D eigenvalue weighted by atomic mass is 19.1. The van der Waals surface area contributed by atoms with Crippen molar-refractivity contribution < 1.29 is 9.18 Å². The third-order valence-corrected chi connectivity index (χ3v) is 4.62. The molecule has 21 heavy (non-hydrogen) atoms. The van der Waals surface area contributed by atoms with Crippen molar-refractivity contribution in [1.29, 1.82) is 0 Å². The summed E-state index contributed by atoms with van der Waals surface area (Å²) in [7, 11) is 0. The predicted octanol–water partition coefficient (Wildman–Crippen LogP) is 2.11. The molecule has 0 saturated carbocycles. The highest BCUT2D eigenvalue weighted by Gasteiger charge is 2.35. The van der Waals surface area contributed by atoms with E-state index < -0.39 is 5.82 Å². The van der Waals surface area contributed by atoms with Gasteiger partial charge in [0, 0.05) is 36.4 Å². The number of carbonyl (C=O) groups is 1. The quantitative estimate of drug-likeness (QED) is 0.806. The van der Waals surface area contributed by atoms with E-state index >= 15 is 0 Å². The Bertz CT molecular complexity index is 528. The maximum atomic E-state index is 13.5. The van der Waals surface area contributed by atoms with Crippen molar-refractivity contribution in [3.8, 4) is 0 Å². The second kappa shape index (κ2) is 5.64. The van der Waals surface area contributed by atoms with Crippen molar-refractivity contribution in [2.45, 2.75) is 38.3 Å². The number of nitrogen functional groups attached to an aromatic ring is 1. The maximum absolute atomic E-state index is 13.5. The van der Waals surface area contributed by atoms with Gasteiger partial charge in [-0.2, -0.15) is 0 Å². The van der Waals surface area contributed by atoms with E-state index in [4.69, 9.17) is 5.73 Å². The van der Waals surface area contributed by atoms with E-state index in [2.05, 4.69) is 11.8 Å². The molecule has 2 unspecified atom stereocenters. The van der Waals surface area contributed by atoms with Gasteiger partial charge < -0.3 is 10.6 Å². The second-order valence-corrected chi connectivity index (χ2v) is 6.22. The fourth-order valence-electron chi connectivity index (χ4n) is 3.54. The third-order valence-electron chi connectivity index (χ3n) is 4.62. The average molecular weight is 291 g/mol. The Hall–Kier alpha value is -1.62. The minimum absolute atomic E-state index is 0.112. The molecule has 114 valence electrons. The van der Waals surface area contributed by atoms with Gasteiger partial charge in [0.05, 0.1) is 0 Å². The first kappa shape index (κ1) is 14.3. The molecule has 2 N–H and O–H groups in total. The number of nitrogens with two attached hydrogens (primary N) is 1. The van der Waals surface area contributed by atoms with E-state index in [-0.39, 0.29) is 11.9 Å². The van der Waals surface area contributed by atoms with Gasteiger partial charge in [-0.1, -0.05) is 6.42 Å². The molecule has 2 fully saturated rings. The van der Waals surface area contributed by atoms with Crippen LogP contribution in [0.15, 0.2) is 18.2 Å². The maximum Gasteiger partial charge on any atom is 0.254 e. The molecule has 1 aromatic carbocycles. The number of anilines is 1. The van der Waals surface area contributed by atoms with Crippen LogP contribution >= 0.6 is 0 Å². The van der Waals surface area contributed by atoms with Gasteiger partial charge in [0.15, 0.2) is 0 Å². The first-order valence-electron chi connectivity index (χ1n) is 7.65. The van der Waals surface area contributed by atoms with Crippen molar-refractivity contribution in [2.24, 2.45) is 0 Å². The summed E-state index contributed by atoms with van der Waals surface area (Å²) in [6.45, 7) is 4.83. The Balaban J connectivity index is 1.80. The number of halogens is 1. The minimum Gasteiger partial charge on any atom is -0.399 e. The molecule has 2 atom stereocenters. The molecule has 2 aliphatic rings. The standard InChI is InChI=1S/C16H22FN3O/c1-11-9-19-5-3-2-4-15(19)10-20(11)16(21)12-6-13(17)8-14(18)7-12/h6-8,11,15H,2-5,9-10,18H2,1H3. The zero-order valence-corrected chi connectivity index (χ0v) is 12.4. The van der Waals surface area contributed by atoms with Gasteiger partial charge in [-0.3, -0.25) is 9.69 Å². The largest absolute Gasteiger partial charge is 0.399 e. The van der Waals surface area contributed by atoms with Gasteiger partial charge in [-0.25, -0.2) is 4.39 Å². The van der Waals surface area contributed by atoms with Crippen LogP contribution in [0, 0.1) is 5.82 Å². The molecule has 0 radical (unpaired) electrons. The molecular formula is C16H22FN3O. The Kier molecular flexibility index (Phi) is 3.85. The summed E-state index contributed by atoms with van der Waals surface area (Å²) >= 11 is 0. The third kappa shape index (κ3) is 2.88. The summed E-state index contributed by atoms with van der Waals surface area (Å²) in [5.41, 5.74) is 6.29. The van der Waals surface area contributed by atoms with Crippen molar-refractivity contribution >= 4 is 11.6 Å². The summed E-state index contributed by atoms with van der Waals surface area (Å²) in [4.78, 5) is 17.0. The normalized spacial score (nSPS) is 26.5. The van der Waals surface area contributed by atoms with Crippen LogP contribution in [-0.2, 0) is 0 Å². The lowest BCUT2D eigenvalue weighted by Gasteiger charge is -2.47. The Labute approximate surface area is 124 Å². The van der Waals surface area contributed by atoms with E-state index in [0.717, 1.165) is 26.1 Å². The van der Waals surface area contributed by atoms with Crippen LogP contribution in [-0.4, -0.2) is 47.4 Å². The van der Waals surface area contributed by atoms with Crippen LogP contribution in [0.4, 0.5) is 10.1 Å². The number of amides is 1. The van der Waals surface area contributed by atoms with Crippen molar-refractivity contribution in [2.75, 3.05) is 25.4 Å². The monoisotopic (exact) mass is 291 g/mol. The number of rotatable bonds is 1. The van der Waals surface area contributed by atoms with E-state index in [1.54, 1.807) is 6.07 Å². The lowest BCUT2D eigenvalue weighted by atomic mass is 9.96. The van der Waals surface area contributed by atoms with Gasteiger partial charge in [0.2, 0.25) is 0 Å². The van der Waals surface area contributed by atoms with Gasteiger partial charge in [0.25, 0.3) is 5.91 Å². The first-order chi connectivity index (χ1) is 10.0. The Morgan fingerprint density at radius 2 is 2.10 bits per heavy atom. The highest BCUT2D eigenvalue weighted by Crippen LogP contribution is 2.25. The molecule has 2 saturated heterocycles. The summed E-state index contributed by atoms with van der Waals surface area (Å²) in [5, 5.41) is 0. The van der Waals surface area contributed by atoms with Crippen LogP contribution in [0.3, 0.4) is 0 Å². The zero-order chi connectivity index (χ0) is 15.0. The smallest absolute Gasteiger partial charge is 0.254 e. The lowest BCUT2D eigenvalue weighted by molar-refractivity contribution is 0.0151. The van der Waals surface area contributed by atoms with Crippen LogP contribution in [0.25, 0.3) is 0 Å². The first-order valence-corrected chi connectivity index (χ1v) is 7.65. The summed E-state index contributed by atoms with van der Waals surface area (Å²) in [5.74, 6) is -0.568. The van der Waals surface area contributed by atoms with Gasteiger partial charge in [-0.05, 0) is 44.5 Å². The van der Waals surface area contributed by atoms with Crippen LogP contribution in [0.1, 0.15) is 36.5 Å². The molecule has 0 aliphatic carbocycles. The highest BCUT2D eigenvalue weighted by molar-refractivity contribution is 5.95. The van der Waals surface area contributed by atoms with E-state index in [1.165, 1.54) is 25.0 Å². The fourth-order valence-corrected chi connectivity index (χ4v) is 3.54. The Morgan fingerprint density at radius 3 is 2.86 bits per heavy atom. The van der Waals surface area contributed by atoms with E-state index in [9.17, 15) is 9.18 Å². The van der Waals surface area contributed by atoms with Gasteiger partial charge in [-0.15, -0.1) is 0 Å². The molecule has 5 heteroatoms. The number of hydrogen-bond acceptors (Lipinski definition) is 3. The molecule has 2 heterocycles. The zero-order valence-electron chi connectivity index (χ0n) is 12.4. The molecule has 3 rings (SSSR count).